The molecule has 1 fully saturated rings. The number of hydrogen-bond donors (Lipinski definition) is 3. The van der Waals surface area contributed by atoms with Crippen molar-refractivity contribution in [2.24, 2.45) is 17.8 Å². The zero-order valence-electron chi connectivity index (χ0n) is 20.2. The van der Waals surface area contributed by atoms with E-state index in [2.05, 4.69) is 46.4 Å². The van der Waals surface area contributed by atoms with E-state index < -0.39 is 0 Å². The Morgan fingerprint density at radius 1 is 1.11 bits per heavy atom. The fourth-order valence-corrected chi connectivity index (χ4v) is 4.78. The van der Waals surface area contributed by atoms with Crippen molar-refractivity contribution in [2.45, 2.75) is 46.1 Å². The maximum Gasteiger partial charge on any atom is 0.322 e. The predicted molar refractivity (Wildman–Crippen MR) is 138 cm³/mol. The summed E-state index contributed by atoms with van der Waals surface area (Å²) < 4.78 is 5.73. The molecule has 0 bridgehead atoms. The van der Waals surface area contributed by atoms with Gasteiger partial charge in [0.05, 0.1) is 23.1 Å². The molecule has 0 unspecified atom stereocenters. The van der Waals surface area contributed by atoms with Gasteiger partial charge in [0.25, 0.3) is 0 Å². The summed E-state index contributed by atoms with van der Waals surface area (Å²) in [5.74, 6) is 2.59. The van der Waals surface area contributed by atoms with E-state index in [1.165, 1.54) is 25.0 Å². The third-order valence-corrected chi connectivity index (χ3v) is 6.69. The molecule has 2 amide bonds. The number of nitrogens with one attached hydrogen (secondary N) is 2. The van der Waals surface area contributed by atoms with Gasteiger partial charge in [0.1, 0.15) is 11.6 Å². The van der Waals surface area contributed by atoms with Crippen molar-refractivity contribution >= 4 is 29.1 Å². The zero-order valence-corrected chi connectivity index (χ0v) is 20.9. The van der Waals surface area contributed by atoms with E-state index in [1.807, 2.05) is 12.1 Å². The molecule has 1 aliphatic rings. The summed E-state index contributed by atoms with van der Waals surface area (Å²) in [4.78, 5) is 25.1. The average Bonchev–Trinajstić information content (AvgIpc) is 2.82. The van der Waals surface area contributed by atoms with Crippen molar-refractivity contribution in [3.05, 3.63) is 53.9 Å². The molecular weight excluding hydrogens is 464 g/mol. The Balaban J connectivity index is 1.34. The number of nitrogens with zero attached hydrogens (tertiary/aromatic N) is 3. The van der Waals surface area contributed by atoms with Crippen molar-refractivity contribution in [1.29, 1.82) is 0 Å². The Labute approximate surface area is 210 Å². The van der Waals surface area contributed by atoms with Crippen LogP contribution in [0.5, 0.6) is 11.8 Å². The first-order valence-electron chi connectivity index (χ1n) is 11.9. The van der Waals surface area contributed by atoms with Gasteiger partial charge in [0.15, 0.2) is 0 Å². The summed E-state index contributed by atoms with van der Waals surface area (Å²) in [5, 5.41) is 6.49. The van der Waals surface area contributed by atoms with Crippen LogP contribution in [0, 0.1) is 17.8 Å². The van der Waals surface area contributed by atoms with Crippen LogP contribution in [0.2, 0.25) is 5.02 Å². The van der Waals surface area contributed by atoms with Gasteiger partial charge in [-0.1, -0.05) is 50.9 Å². The lowest BCUT2D eigenvalue weighted by Crippen LogP contribution is -2.47. The number of anilines is 2. The fraction of sp³-hybridized carbons (Fsp3) is 0.385. The molecule has 0 aliphatic heterocycles. The summed E-state index contributed by atoms with van der Waals surface area (Å²) >= 11 is 6.03. The standard InChI is InChI=1S/C26H31ClN6O2/c1-15(2)21-9-4-16(3)10-23(21)33-25(34)32-19-13-30-26(31-14-19)35-20-7-5-17(6-8-20)22-11-18(27)12-29-24(22)28/h5-8,11-16,21,23H,4,9-10H2,1-3H3,(H2,28,29)(H2,32,33,34)/t16-,21+,23-/m0/s1. The molecule has 0 saturated heterocycles. The smallest absolute Gasteiger partial charge is 0.322 e. The van der Waals surface area contributed by atoms with Crippen molar-refractivity contribution in [2.75, 3.05) is 11.1 Å². The highest BCUT2D eigenvalue weighted by Gasteiger charge is 2.31. The summed E-state index contributed by atoms with van der Waals surface area (Å²) in [6.07, 6.45) is 7.92. The number of urea groups is 1. The minimum atomic E-state index is -0.239. The van der Waals surface area contributed by atoms with Gasteiger partial charge in [0.2, 0.25) is 0 Å². The van der Waals surface area contributed by atoms with Crippen LogP contribution in [0.25, 0.3) is 11.1 Å². The summed E-state index contributed by atoms with van der Waals surface area (Å²) in [5.41, 5.74) is 8.06. The van der Waals surface area contributed by atoms with E-state index in [1.54, 1.807) is 18.2 Å². The molecule has 9 heteroatoms. The normalized spacial score (nSPS) is 19.9. The summed E-state index contributed by atoms with van der Waals surface area (Å²) in [6.45, 7) is 6.68. The van der Waals surface area contributed by atoms with E-state index in [9.17, 15) is 4.79 Å². The molecule has 4 N–H and O–H groups in total. The summed E-state index contributed by atoms with van der Waals surface area (Å²) in [6, 6.07) is 9.16. The second-order valence-electron chi connectivity index (χ2n) is 9.50. The molecule has 0 radical (unpaired) electrons. The number of carbonyl (C=O) groups excluding carboxylic acids is 1. The number of rotatable bonds is 6. The molecule has 4 rings (SSSR count). The minimum absolute atomic E-state index is 0.170. The first-order chi connectivity index (χ1) is 16.8. The molecule has 2 heterocycles. The zero-order chi connectivity index (χ0) is 24.9. The van der Waals surface area contributed by atoms with Crippen LogP contribution >= 0.6 is 11.6 Å². The number of nitrogen functional groups attached to an aromatic ring is 1. The minimum Gasteiger partial charge on any atom is -0.424 e. The van der Waals surface area contributed by atoms with Gasteiger partial charge in [-0.3, -0.25) is 0 Å². The maximum absolute atomic E-state index is 12.6. The molecule has 35 heavy (non-hydrogen) atoms. The van der Waals surface area contributed by atoms with E-state index in [0.717, 1.165) is 24.0 Å². The Morgan fingerprint density at radius 2 is 1.83 bits per heavy atom. The lowest BCUT2D eigenvalue weighted by molar-refractivity contribution is 0.172. The SMILES string of the molecule is CC(C)[C@H]1CC[C@H](C)C[C@@H]1NC(=O)Nc1cnc(Oc2ccc(-c3cc(Cl)cnc3N)cc2)nc1. The van der Waals surface area contributed by atoms with Crippen molar-refractivity contribution in [3.63, 3.8) is 0 Å². The molecule has 2 aromatic heterocycles. The maximum atomic E-state index is 12.6. The Bertz CT molecular complexity index is 1150. The number of halogens is 1. The van der Waals surface area contributed by atoms with Gasteiger partial charge in [-0.25, -0.2) is 19.7 Å². The lowest BCUT2D eigenvalue weighted by Gasteiger charge is -2.37. The molecule has 1 aromatic carbocycles. The van der Waals surface area contributed by atoms with Gasteiger partial charge in [-0.15, -0.1) is 0 Å². The molecule has 0 spiro atoms. The first kappa shape index (κ1) is 24.7. The largest absolute Gasteiger partial charge is 0.424 e. The van der Waals surface area contributed by atoms with Crippen molar-refractivity contribution in [3.8, 4) is 22.9 Å². The number of aromatic nitrogens is 3. The molecular formula is C26H31ClN6O2. The van der Waals surface area contributed by atoms with Crippen molar-refractivity contribution < 1.29 is 9.53 Å². The summed E-state index contributed by atoms with van der Waals surface area (Å²) in [7, 11) is 0. The van der Waals surface area contributed by atoms with Crippen LogP contribution in [0.4, 0.5) is 16.3 Å². The second-order valence-corrected chi connectivity index (χ2v) is 9.93. The van der Waals surface area contributed by atoms with Crippen molar-refractivity contribution in [1.82, 2.24) is 20.3 Å². The van der Waals surface area contributed by atoms with Crippen LogP contribution in [0.3, 0.4) is 0 Å². The number of carbonyl (C=O) groups is 1. The van der Waals surface area contributed by atoms with E-state index in [4.69, 9.17) is 22.1 Å². The van der Waals surface area contributed by atoms with Crippen LogP contribution in [-0.2, 0) is 0 Å². The highest BCUT2D eigenvalue weighted by Crippen LogP contribution is 2.33. The number of amides is 2. The number of hydrogen-bond acceptors (Lipinski definition) is 6. The van der Waals surface area contributed by atoms with Gasteiger partial charge in [0, 0.05) is 17.8 Å². The van der Waals surface area contributed by atoms with Gasteiger partial charge < -0.3 is 21.1 Å². The second kappa shape index (κ2) is 10.9. The fourth-order valence-electron chi connectivity index (χ4n) is 4.63. The van der Waals surface area contributed by atoms with Gasteiger partial charge in [-0.2, -0.15) is 0 Å². The van der Waals surface area contributed by atoms with Crippen LogP contribution in [-0.4, -0.2) is 27.0 Å². The Kier molecular flexibility index (Phi) is 7.70. The first-order valence-corrected chi connectivity index (χ1v) is 12.2. The van der Waals surface area contributed by atoms with Crippen LogP contribution in [0.1, 0.15) is 40.0 Å². The average molecular weight is 495 g/mol. The lowest BCUT2D eigenvalue weighted by atomic mass is 9.74. The van der Waals surface area contributed by atoms with Gasteiger partial charge >= 0.3 is 12.0 Å². The monoisotopic (exact) mass is 494 g/mol. The third kappa shape index (κ3) is 6.39. The number of benzene rings is 1. The van der Waals surface area contributed by atoms with Gasteiger partial charge in [-0.05, 0) is 54.4 Å². The van der Waals surface area contributed by atoms with E-state index in [0.29, 0.717) is 40.0 Å². The molecule has 184 valence electrons. The van der Waals surface area contributed by atoms with E-state index in [-0.39, 0.29) is 18.1 Å². The molecule has 1 saturated carbocycles. The van der Waals surface area contributed by atoms with Crippen LogP contribution < -0.4 is 21.1 Å². The van der Waals surface area contributed by atoms with E-state index >= 15 is 0 Å². The number of pyridine rings is 1. The highest BCUT2D eigenvalue weighted by atomic mass is 35.5. The number of nitrogens with two attached hydrogens (primary N) is 1. The molecule has 3 aromatic rings. The quantitative estimate of drug-likeness (QED) is 0.378. The molecule has 3 atom stereocenters. The Morgan fingerprint density at radius 3 is 2.51 bits per heavy atom. The molecule has 8 nitrogen and oxygen atoms in total. The highest BCUT2D eigenvalue weighted by molar-refractivity contribution is 6.30. The topological polar surface area (TPSA) is 115 Å². The Hall–Kier alpha value is -3.39. The predicted octanol–water partition coefficient (Wildman–Crippen LogP) is 6.15. The third-order valence-electron chi connectivity index (χ3n) is 6.48. The molecule has 1 aliphatic carbocycles. The van der Waals surface area contributed by atoms with Crippen LogP contribution in [0.15, 0.2) is 48.9 Å². The number of ether oxygens (including phenoxy) is 1.